The summed E-state index contributed by atoms with van der Waals surface area (Å²) in [6.07, 6.45) is -1.64. The van der Waals surface area contributed by atoms with Crippen molar-refractivity contribution in [3.63, 3.8) is 0 Å². The van der Waals surface area contributed by atoms with E-state index in [1.54, 1.807) is 6.92 Å². The van der Waals surface area contributed by atoms with Crippen LogP contribution in [0.5, 0.6) is 5.75 Å². The molecular formula is C34H39F3O3. The lowest BCUT2D eigenvalue weighted by atomic mass is 9.84. The van der Waals surface area contributed by atoms with Crippen LogP contribution in [0, 0.1) is 32.6 Å². The molecule has 3 aromatic carbocycles. The first-order chi connectivity index (χ1) is 18.9. The summed E-state index contributed by atoms with van der Waals surface area (Å²) in [7, 11) is 0. The molecular weight excluding hydrogens is 513 g/mol. The minimum atomic E-state index is -4.43. The van der Waals surface area contributed by atoms with Crippen LogP contribution in [-0.4, -0.2) is 19.2 Å². The smallest absolute Gasteiger partial charge is 0.416 e. The average molecular weight is 553 g/mol. The minimum Gasteiger partial charge on any atom is -0.492 e. The molecule has 0 aromatic heterocycles. The maximum Gasteiger partial charge on any atom is 0.416 e. The molecule has 3 aromatic rings. The Labute approximate surface area is 235 Å². The van der Waals surface area contributed by atoms with Gasteiger partial charge in [-0.25, -0.2) is 0 Å². The minimum absolute atomic E-state index is 0.223. The van der Waals surface area contributed by atoms with Gasteiger partial charge in [0.2, 0.25) is 0 Å². The summed E-state index contributed by atoms with van der Waals surface area (Å²) >= 11 is 0. The van der Waals surface area contributed by atoms with Crippen LogP contribution in [0.3, 0.4) is 0 Å². The van der Waals surface area contributed by atoms with Crippen molar-refractivity contribution in [1.29, 1.82) is 0 Å². The topological polar surface area (TPSA) is 35.5 Å². The number of benzene rings is 3. The molecule has 1 fully saturated rings. The molecule has 0 heterocycles. The Morgan fingerprint density at radius 2 is 1.55 bits per heavy atom. The van der Waals surface area contributed by atoms with Gasteiger partial charge >= 0.3 is 12.1 Å². The number of halogens is 3. The number of hydrogen-bond donors (Lipinski definition) is 0. The zero-order chi connectivity index (χ0) is 29.2. The maximum absolute atomic E-state index is 13.4. The molecule has 3 nitrogen and oxygen atoms in total. The average Bonchev–Trinajstić information content (AvgIpc) is 3.69. The van der Waals surface area contributed by atoms with Gasteiger partial charge in [0.1, 0.15) is 5.75 Å². The highest BCUT2D eigenvalue weighted by Crippen LogP contribution is 2.46. The fourth-order valence-electron chi connectivity index (χ4n) is 5.42. The molecule has 0 bridgehead atoms. The van der Waals surface area contributed by atoms with E-state index in [2.05, 4.69) is 46.8 Å². The van der Waals surface area contributed by atoms with Gasteiger partial charge in [0.15, 0.2) is 0 Å². The largest absolute Gasteiger partial charge is 0.492 e. The van der Waals surface area contributed by atoms with Crippen molar-refractivity contribution in [3.8, 4) is 28.0 Å². The number of carbonyl (C=O) groups is 1. The lowest BCUT2D eigenvalue weighted by Gasteiger charge is -2.24. The fraction of sp³-hybridized carbons (Fsp3) is 0.441. The van der Waals surface area contributed by atoms with Crippen molar-refractivity contribution in [1.82, 2.24) is 0 Å². The molecule has 0 N–H and O–H groups in total. The van der Waals surface area contributed by atoms with Gasteiger partial charge in [-0.1, -0.05) is 43.7 Å². The fourth-order valence-corrected chi connectivity index (χ4v) is 5.42. The van der Waals surface area contributed by atoms with E-state index in [1.165, 1.54) is 12.1 Å². The number of rotatable bonds is 10. The van der Waals surface area contributed by atoms with Crippen LogP contribution in [0.1, 0.15) is 73.8 Å². The Morgan fingerprint density at radius 3 is 2.08 bits per heavy atom. The van der Waals surface area contributed by atoms with E-state index >= 15 is 0 Å². The molecule has 1 aliphatic carbocycles. The first-order valence-electron chi connectivity index (χ1n) is 14.1. The van der Waals surface area contributed by atoms with Gasteiger partial charge in [-0.2, -0.15) is 13.2 Å². The monoisotopic (exact) mass is 552 g/mol. The second kappa shape index (κ2) is 12.1. The van der Waals surface area contributed by atoms with Crippen molar-refractivity contribution in [2.75, 3.05) is 13.2 Å². The van der Waals surface area contributed by atoms with E-state index in [9.17, 15) is 18.0 Å². The van der Waals surface area contributed by atoms with Crippen molar-refractivity contribution in [2.24, 2.45) is 11.8 Å². The van der Waals surface area contributed by atoms with Crippen LogP contribution in [0.2, 0.25) is 0 Å². The summed E-state index contributed by atoms with van der Waals surface area (Å²) in [5.74, 6) is 0.514. The molecule has 1 aliphatic rings. The molecule has 0 amide bonds. The normalized spacial score (nSPS) is 14.3. The van der Waals surface area contributed by atoms with Crippen molar-refractivity contribution in [2.45, 2.75) is 72.9 Å². The molecule has 214 valence electrons. The summed E-state index contributed by atoms with van der Waals surface area (Å²) in [5, 5.41) is 0. The van der Waals surface area contributed by atoms with Gasteiger partial charge in [-0.15, -0.1) is 0 Å². The first-order valence-corrected chi connectivity index (χ1v) is 14.1. The van der Waals surface area contributed by atoms with E-state index in [-0.39, 0.29) is 18.5 Å². The van der Waals surface area contributed by atoms with Gasteiger partial charge in [0, 0.05) is 11.1 Å². The van der Waals surface area contributed by atoms with E-state index in [0.29, 0.717) is 35.8 Å². The van der Waals surface area contributed by atoms with Crippen LogP contribution in [-0.2, 0) is 15.7 Å². The third kappa shape index (κ3) is 6.89. The first kappa shape index (κ1) is 29.7. The summed E-state index contributed by atoms with van der Waals surface area (Å²) < 4.78 is 52.2. The van der Waals surface area contributed by atoms with Crippen molar-refractivity contribution in [3.05, 3.63) is 76.3 Å². The van der Waals surface area contributed by atoms with Gasteiger partial charge in [-0.3, -0.25) is 4.79 Å². The number of ether oxygens (including phenoxy) is 2. The second-order valence-electron chi connectivity index (χ2n) is 11.5. The van der Waals surface area contributed by atoms with Crippen LogP contribution in [0.25, 0.3) is 22.3 Å². The number of carbonyl (C=O) groups excluding carboxylic acids is 1. The Bertz CT molecular complexity index is 1330. The van der Waals surface area contributed by atoms with E-state index in [0.717, 1.165) is 58.4 Å². The lowest BCUT2D eigenvalue weighted by Crippen LogP contribution is -2.18. The molecule has 6 heteroatoms. The van der Waals surface area contributed by atoms with Crippen LogP contribution in [0.4, 0.5) is 13.2 Å². The Morgan fingerprint density at radius 1 is 0.950 bits per heavy atom. The van der Waals surface area contributed by atoms with Gasteiger partial charge in [-0.05, 0) is 111 Å². The maximum atomic E-state index is 13.4. The highest BCUT2D eigenvalue weighted by atomic mass is 19.4. The van der Waals surface area contributed by atoms with Crippen molar-refractivity contribution >= 4 is 5.97 Å². The zero-order valence-electron chi connectivity index (χ0n) is 24.2. The summed E-state index contributed by atoms with van der Waals surface area (Å²) in [6, 6.07) is 13.4. The second-order valence-corrected chi connectivity index (χ2v) is 11.5. The van der Waals surface area contributed by atoms with Gasteiger partial charge in [0.05, 0.1) is 24.7 Å². The highest BCUT2D eigenvalue weighted by molar-refractivity contribution is 5.88. The molecule has 0 spiro atoms. The van der Waals surface area contributed by atoms with E-state index in [1.807, 2.05) is 12.1 Å². The van der Waals surface area contributed by atoms with E-state index < -0.39 is 17.7 Å². The van der Waals surface area contributed by atoms with Crippen LogP contribution >= 0.6 is 0 Å². The number of esters is 1. The molecule has 0 aliphatic heterocycles. The molecule has 1 saturated carbocycles. The standard InChI is InChI=1S/C34H39F3O3/c1-7-39-33(38)29(14-20(2)3)26-17-28(25-10-12-27(13-11-25)34(35,36)37)32(40-19-24-8-9-24)30(18-26)31-22(5)15-21(4)16-23(31)6/h10-13,15-18,20,24,29H,7-9,14,19H2,1-6H3. The Balaban J connectivity index is 2.01. The van der Waals surface area contributed by atoms with Crippen LogP contribution < -0.4 is 4.74 Å². The lowest BCUT2D eigenvalue weighted by molar-refractivity contribution is -0.145. The predicted molar refractivity (Wildman–Crippen MR) is 154 cm³/mol. The molecule has 0 radical (unpaired) electrons. The number of alkyl halides is 3. The highest BCUT2D eigenvalue weighted by Gasteiger charge is 2.31. The van der Waals surface area contributed by atoms with E-state index in [4.69, 9.17) is 9.47 Å². The van der Waals surface area contributed by atoms with Gasteiger partial charge in [0.25, 0.3) is 0 Å². The molecule has 1 unspecified atom stereocenters. The number of hydrogen-bond acceptors (Lipinski definition) is 3. The quantitative estimate of drug-likeness (QED) is 0.235. The third-order valence-electron chi connectivity index (χ3n) is 7.42. The third-order valence-corrected chi connectivity index (χ3v) is 7.42. The van der Waals surface area contributed by atoms with Crippen molar-refractivity contribution < 1.29 is 27.4 Å². The Kier molecular flexibility index (Phi) is 8.96. The Hall–Kier alpha value is -3.28. The zero-order valence-corrected chi connectivity index (χ0v) is 24.2. The summed E-state index contributed by atoms with van der Waals surface area (Å²) in [6.45, 7) is 12.9. The summed E-state index contributed by atoms with van der Waals surface area (Å²) in [4.78, 5) is 13.2. The summed E-state index contributed by atoms with van der Waals surface area (Å²) in [5.41, 5.74) is 6.50. The molecule has 40 heavy (non-hydrogen) atoms. The SMILES string of the molecule is CCOC(=O)C(CC(C)C)c1cc(-c2ccc(C(F)(F)F)cc2)c(OCC2CC2)c(-c2c(C)cc(C)cc2C)c1. The predicted octanol–water partition coefficient (Wildman–Crippen LogP) is 9.45. The number of aryl methyl sites for hydroxylation is 3. The molecule has 4 rings (SSSR count). The molecule has 1 atom stereocenters. The van der Waals surface area contributed by atoms with Gasteiger partial charge < -0.3 is 9.47 Å². The molecule has 0 saturated heterocycles. The van der Waals surface area contributed by atoms with Crippen LogP contribution in [0.15, 0.2) is 48.5 Å².